The first-order valence-corrected chi connectivity index (χ1v) is 8.36. The van der Waals surface area contributed by atoms with Crippen molar-refractivity contribution in [2.24, 2.45) is 5.41 Å². The molecule has 0 bridgehead atoms. The van der Waals surface area contributed by atoms with E-state index in [1.54, 1.807) is 12.3 Å². The van der Waals surface area contributed by atoms with Gasteiger partial charge in [-0.05, 0) is 17.6 Å². The molecule has 0 saturated carbocycles. The molecule has 0 aromatic heterocycles. The summed E-state index contributed by atoms with van der Waals surface area (Å²) >= 11 is 0. The third kappa shape index (κ3) is 3.90. The minimum atomic E-state index is -0.810. The molecule has 0 aliphatic carbocycles. The van der Waals surface area contributed by atoms with Gasteiger partial charge in [0.05, 0.1) is 20.5 Å². The van der Waals surface area contributed by atoms with Gasteiger partial charge in [-0.25, -0.2) is 9.59 Å². The predicted molar refractivity (Wildman–Crippen MR) is 97.2 cm³/mol. The van der Waals surface area contributed by atoms with Crippen molar-refractivity contribution in [1.29, 1.82) is 0 Å². The summed E-state index contributed by atoms with van der Waals surface area (Å²) in [7, 11) is 2.84. The fourth-order valence-electron chi connectivity index (χ4n) is 3.30. The summed E-state index contributed by atoms with van der Waals surface area (Å²) in [5, 5.41) is 0. The molecule has 26 heavy (non-hydrogen) atoms. The van der Waals surface area contributed by atoms with E-state index < -0.39 is 23.5 Å². The number of carbonyl (C=O) groups excluding carboxylic acids is 2. The lowest BCUT2D eigenvalue weighted by Gasteiger charge is -2.32. The molecule has 140 valence electrons. The number of esters is 1. The number of allylic oxidation sites excluding steroid dienone is 1. The molecule has 1 aliphatic heterocycles. The van der Waals surface area contributed by atoms with E-state index in [9.17, 15) is 9.59 Å². The molecule has 1 aromatic carbocycles. The van der Waals surface area contributed by atoms with E-state index in [0.29, 0.717) is 6.42 Å². The number of methoxy groups -OCH3 is 2. The van der Waals surface area contributed by atoms with Crippen LogP contribution < -0.4 is 0 Å². The van der Waals surface area contributed by atoms with Crippen molar-refractivity contribution in [2.75, 3.05) is 20.8 Å². The molecule has 1 fully saturated rings. The number of rotatable bonds is 6. The summed E-state index contributed by atoms with van der Waals surface area (Å²) in [5.41, 5.74) is 1.01. The van der Waals surface area contributed by atoms with Crippen molar-refractivity contribution in [3.8, 4) is 0 Å². The second kappa shape index (κ2) is 8.56. The maximum Gasteiger partial charge on any atom is 0.411 e. The van der Waals surface area contributed by atoms with Gasteiger partial charge in [-0.15, -0.1) is 6.58 Å². The molecule has 0 radical (unpaired) electrons. The van der Waals surface area contributed by atoms with E-state index in [1.165, 1.54) is 19.1 Å². The van der Waals surface area contributed by atoms with Crippen LogP contribution in [0.2, 0.25) is 0 Å². The predicted octanol–water partition coefficient (Wildman–Crippen LogP) is 3.29. The molecule has 6 heteroatoms. The van der Waals surface area contributed by atoms with Crippen LogP contribution in [0.4, 0.5) is 4.79 Å². The van der Waals surface area contributed by atoms with Gasteiger partial charge in [0.2, 0.25) is 0 Å². The van der Waals surface area contributed by atoms with Crippen LogP contribution in [-0.2, 0) is 25.6 Å². The number of ether oxygens (including phenoxy) is 3. The number of amides is 1. The minimum Gasteiger partial charge on any atom is -0.504 e. The summed E-state index contributed by atoms with van der Waals surface area (Å²) in [6.07, 6.45) is 3.21. The largest absolute Gasteiger partial charge is 0.504 e. The highest BCUT2D eigenvalue weighted by atomic mass is 16.6. The molecule has 0 N–H and O–H groups in total. The summed E-state index contributed by atoms with van der Waals surface area (Å²) in [5.74, 6) is -0.495. The number of likely N-dealkylation sites (tertiary alicyclic amines) is 1. The van der Waals surface area contributed by atoms with E-state index in [4.69, 9.17) is 14.2 Å². The lowest BCUT2D eigenvalue weighted by molar-refractivity contribution is -0.148. The summed E-state index contributed by atoms with van der Waals surface area (Å²) < 4.78 is 15.5. The van der Waals surface area contributed by atoms with E-state index in [-0.39, 0.29) is 13.2 Å². The molecular formula is C20H25NO5. The average molecular weight is 359 g/mol. The van der Waals surface area contributed by atoms with Crippen LogP contribution in [0.5, 0.6) is 0 Å². The Labute approximate surface area is 154 Å². The highest BCUT2D eigenvalue weighted by Crippen LogP contribution is 2.45. The van der Waals surface area contributed by atoms with Crippen LogP contribution >= 0.6 is 0 Å². The van der Waals surface area contributed by atoms with Crippen molar-refractivity contribution < 1.29 is 23.8 Å². The van der Waals surface area contributed by atoms with Gasteiger partial charge in [0, 0.05) is 12.0 Å². The minimum absolute atomic E-state index is 0.131. The van der Waals surface area contributed by atoms with Gasteiger partial charge < -0.3 is 14.2 Å². The van der Waals surface area contributed by atoms with E-state index in [2.05, 4.69) is 6.58 Å². The topological polar surface area (TPSA) is 65.1 Å². The normalized spacial score (nSPS) is 23.6. The molecule has 1 amide bonds. The second-order valence-electron chi connectivity index (χ2n) is 6.38. The molecule has 1 heterocycles. The van der Waals surface area contributed by atoms with Crippen molar-refractivity contribution in [1.82, 2.24) is 4.90 Å². The second-order valence-corrected chi connectivity index (χ2v) is 6.38. The number of benzene rings is 1. The van der Waals surface area contributed by atoms with Crippen LogP contribution in [-0.4, -0.2) is 43.8 Å². The summed E-state index contributed by atoms with van der Waals surface area (Å²) in [6, 6.07) is 8.56. The maximum absolute atomic E-state index is 12.7. The molecule has 1 saturated heterocycles. The molecule has 2 atom stereocenters. The third-order valence-corrected chi connectivity index (χ3v) is 4.68. The Hall–Kier alpha value is -2.76. The highest BCUT2D eigenvalue weighted by molar-refractivity contribution is 5.84. The smallest absolute Gasteiger partial charge is 0.411 e. The molecule has 6 nitrogen and oxygen atoms in total. The van der Waals surface area contributed by atoms with Crippen LogP contribution in [0.3, 0.4) is 0 Å². The molecule has 1 aromatic rings. The van der Waals surface area contributed by atoms with Gasteiger partial charge in [0.25, 0.3) is 0 Å². The van der Waals surface area contributed by atoms with E-state index in [0.717, 1.165) is 11.1 Å². The Balaban J connectivity index is 2.26. The standard InChI is InChI=1S/C20H25NO5/c1-5-11-20(2)16(14-24-3)12-21(17(20)18(22)25-4)19(23)26-13-15-9-7-6-8-10-15/h5-10,14,17H,1,11-13H2,2-4H3. The molecule has 0 spiro atoms. The monoisotopic (exact) mass is 359 g/mol. The summed E-state index contributed by atoms with van der Waals surface area (Å²) in [4.78, 5) is 26.6. The van der Waals surface area contributed by atoms with Gasteiger partial charge in [-0.3, -0.25) is 4.90 Å². The average Bonchev–Trinajstić information content (AvgIpc) is 2.93. The van der Waals surface area contributed by atoms with Gasteiger partial charge in [0.15, 0.2) is 0 Å². The Kier molecular flexibility index (Phi) is 6.44. The van der Waals surface area contributed by atoms with Crippen LogP contribution in [0.1, 0.15) is 18.9 Å². The lowest BCUT2D eigenvalue weighted by atomic mass is 9.76. The Morgan fingerprint density at radius 2 is 2.00 bits per heavy atom. The zero-order chi connectivity index (χ0) is 19.2. The Morgan fingerprint density at radius 1 is 1.31 bits per heavy atom. The third-order valence-electron chi connectivity index (χ3n) is 4.68. The maximum atomic E-state index is 12.7. The zero-order valence-electron chi connectivity index (χ0n) is 15.4. The Morgan fingerprint density at radius 3 is 2.58 bits per heavy atom. The Bertz CT molecular complexity index is 685. The molecule has 2 rings (SSSR count). The van der Waals surface area contributed by atoms with Crippen molar-refractivity contribution in [2.45, 2.75) is 26.0 Å². The van der Waals surface area contributed by atoms with Gasteiger partial charge >= 0.3 is 12.1 Å². The van der Waals surface area contributed by atoms with Gasteiger partial charge in [-0.1, -0.05) is 43.3 Å². The van der Waals surface area contributed by atoms with Crippen molar-refractivity contribution >= 4 is 12.1 Å². The first-order chi connectivity index (χ1) is 12.5. The number of nitrogens with zero attached hydrogens (tertiary/aromatic N) is 1. The first-order valence-electron chi connectivity index (χ1n) is 8.36. The lowest BCUT2D eigenvalue weighted by Crippen LogP contribution is -2.47. The van der Waals surface area contributed by atoms with Gasteiger partial charge in [0.1, 0.15) is 12.6 Å². The van der Waals surface area contributed by atoms with Crippen molar-refractivity contribution in [3.05, 3.63) is 60.4 Å². The van der Waals surface area contributed by atoms with Crippen LogP contribution in [0.15, 0.2) is 54.8 Å². The zero-order valence-corrected chi connectivity index (χ0v) is 15.4. The van der Waals surface area contributed by atoms with Crippen LogP contribution in [0, 0.1) is 5.41 Å². The molecule has 2 unspecified atom stereocenters. The quantitative estimate of drug-likeness (QED) is 0.443. The van der Waals surface area contributed by atoms with E-state index >= 15 is 0 Å². The molecular weight excluding hydrogens is 334 g/mol. The van der Waals surface area contributed by atoms with Crippen molar-refractivity contribution in [3.63, 3.8) is 0 Å². The number of hydrogen-bond acceptors (Lipinski definition) is 5. The SMILES string of the molecule is C=CCC1(C)C(=COC)CN(C(=O)OCc2ccccc2)C1C(=O)OC. The summed E-state index contributed by atoms with van der Waals surface area (Å²) in [6.45, 7) is 6.03. The van der Waals surface area contributed by atoms with Gasteiger partial charge in [-0.2, -0.15) is 0 Å². The fraction of sp³-hybridized carbons (Fsp3) is 0.400. The first kappa shape index (κ1) is 19.6. The number of hydrogen-bond donors (Lipinski definition) is 0. The van der Waals surface area contributed by atoms with E-state index in [1.807, 2.05) is 37.3 Å². The fourth-order valence-corrected chi connectivity index (χ4v) is 3.30. The van der Waals surface area contributed by atoms with Crippen LogP contribution in [0.25, 0.3) is 0 Å². The molecule has 1 aliphatic rings. The number of carbonyl (C=O) groups is 2. The highest BCUT2D eigenvalue weighted by Gasteiger charge is 2.54.